The summed E-state index contributed by atoms with van der Waals surface area (Å²) < 4.78 is 0. The van der Waals surface area contributed by atoms with E-state index >= 15 is 0 Å². The summed E-state index contributed by atoms with van der Waals surface area (Å²) >= 11 is 2.04. The standard InChI is InChI=1S/C12H14N2S/c13-7-9(8-14)10-5-6-15-12-4-2-1-3-11(10)12/h11-12H,1-6H2. The van der Waals surface area contributed by atoms with E-state index in [-0.39, 0.29) is 0 Å². The van der Waals surface area contributed by atoms with Gasteiger partial charge in [0, 0.05) is 5.25 Å². The molecule has 3 heteroatoms. The molecule has 15 heavy (non-hydrogen) atoms. The minimum atomic E-state index is 0.396. The van der Waals surface area contributed by atoms with E-state index in [2.05, 4.69) is 12.1 Å². The Kier molecular flexibility index (Phi) is 3.34. The van der Waals surface area contributed by atoms with Crippen molar-refractivity contribution < 1.29 is 0 Å². The van der Waals surface area contributed by atoms with Crippen LogP contribution < -0.4 is 0 Å². The predicted molar refractivity (Wildman–Crippen MR) is 61.1 cm³/mol. The third kappa shape index (κ3) is 2.03. The molecule has 2 atom stereocenters. The fourth-order valence-electron chi connectivity index (χ4n) is 2.68. The number of nitrogens with zero attached hydrogens (tertiary/aromatic N) is 2. The zero-order valence-corrected chi connectivity index (χ0v) is 9.52. The highest BCUT2D eigenvalue weighted by Gasteiger charge is 2.33. The van der Waals surface area contributed by atoms with E-state index in [9.17, 15) is 0 Å². The van der Waals surface area contributed by atoms with Gasteiger partial charge in [0.05, 0.1) is 0 Å². The van der Waals surface area contributed by atoms with Gasteiger partial charge in [0.15, 0.2) is 0 Å². The normalized spacial score (nSPS) is 29.9. The van der Waals surface area contributed by atoms with Crippen molar-refractivity contribution in [3.05, 3.63) is 11.1 Å². The minimum Gasteiger partial charge on any atom is -0.192 e. The molecule has 1 aliphatic carbocycles. The molecule has 2 nitrogen and oxygen atoms in total. The van der Waals surface area contributed by atoms with Gasteiger partial charge in [-0.3, -0.25) is 0 Å². The molecule has 0 aromatic carbocycles. The molecule has 2 fully saturated rings. The molecule has 0 aromatic rings. The Morgan fingerprint density at radius 3 is 2.67 bits per heavy atom. The first-order valence-electron chi connectivity index (χ1n) is 5.51. The van der Waals surface area contributed by atoms with Crippen molar-refractivity contribution in [2.45, 2.75) is 37.4 Å². The molecular weight excluding hydrogens is 204 g/mol. The van der Waals surface area contributed by atoms with Gasteiger partial charge in [-0.15, -0.1) is 0 Å². The lowest BCUT2D eigenvalue weighted by molar-refractivity contribution is 0.402. The van der Waals surface area contributed by atoms with Crippen LogP contribution in [-0.4, -0.2) is 11.0 Å². The minimum absolute atomic E-state index is 0.396. The van der Waals surface area contributed by atoms with Crippen LogP contribution in [0.2, 0.25) is 0 Å². The number of fused-ring (bicyclic) bond motifs is 1. The first kappa shape index (κ1) is 10.6. The van der Waals surface area contributed by atoms with Crippen LogP contribution in [0.3, 0.4) is 0 Å². The summed E-state index contributed by atoms with van der Waals surface area (Å²) in [7, 11) is 0. The maximum Gasteiger partial charge on any atom is 0.129 e. The SMILES string of the molecule is N#CC(C#N)=C1CCSC2CCCCC12. The van der Waals surface area contributed by atoms with Crippen molar-refractivity contribution in [2.75, 3.05) is 5.75 Å². The highest BCUT2D eigenvalue weighted by atomic mass is 32.2. The highest BCUT2D eigenvalue weighted by molar-refractivity contribution is 8.00. The molecule has 0 bridgehead atoms. The summed E-state index contributed by atoms with van der Waals surface area (Å²) in [6.07, 6.45) is 5.97. The Morgan fingerprint density at radius 2 is 1.93 bits per heavy atom. The zero-order valence-electron chi connectivity index (χ0n) is 8.70. The van der Waals surface area contributed by atoms with Crippen LogP contribution in [0.15, 0.2) is 11.1 Å². The van der Waals surface area contributed by atoms with Crippen LogP contribution >= 0.6 is 11.8 Å². The average molecular weight is 218 g/mol. The van der Waals surface area contributed by atoms with Gasteiger partial charge >= 0.3 is 0 Å². The van der Waals surface area contributed by atoms with Gasteiger partial charge < -0.3 is 0 Å². The Morgan fingerprint density at radius 1 is 1.20 bits per heavy atom. The number of hydrogen-bond acceptors (Lipinski definition) is 3. The van der Waals surface area contributed by atoms with E-state index in [1.807, 2.05) is 11.8 Å². The molecule has 78 valence electrons. The van der Waals surface area contributed by atoms with Gasteiger partial charge in [-0.25, -0.2) is 0 Å². The summed E-state index contributed by atoms with van der Waals surface area (Å²) in [6.45, 7) is 0. The van der Waals surface area contributed by atoms with Crippen LogP contribution in [0.4, 0.5) is 0 Å². The second-order valence-electron chi connectivity index (χ2n) is 4.17. The lowest BCUT2D eigenvalue weighted by Gasteiger charge is -2.37. The first-order chi connectivity index (χ1) is 7.36. The lowest BCUT2D eigenvalue weighted by atomic mass is 9.80. The quantitative estimate of drug-likeness (QED) is 0.587. The van der Waals surface area contributed by atoms with Crippen LogP contribution in [0, 0.1) is 28.6 Å². The van der Waals surface area contributed by atoms with Gasteiger partial charge in [-0.2, -0.15) is 22.3 Å². The summed E-state index contributed by atoms with van der Waals surface area (Å²) in [6, 6.07) is 4.13. The molecule has 0 N–H and O–H groups in total. The number of nitriles is 2. The van der Waals surface area contributed by atoms with Gasteiger partial charge in [0.2, 0.25) is 0 Å². The van der Waals surface area contributed by atoms with Crippen molar-refractivity contribution in [1.29, 1.82) is 10.5 Å². The number of rotatable bonds is 0. The van der Waals surface area contributed by atoms with Crippen molar-refractivity contribution in [2.24, 2.45) is 5.92 Å². The first-order valence-corrected chi connectivity index (χ1v) is 6.56. The van der Waals surface area contributed by atoms with Crippen molar-refractivity contribution in [3.63, 3.8) is 0 Å². The van der Waals surface area contributed by atoms with E-state index < -0.39 is 0 Å². The van der Waals surface area contributed by atoms with Gasteiger partial charge in [-0.1, -0.05) is 12.8 Å². The smallest absolute Gasteiger partial charge is 0.129 e. The summed E-state index contributed by atoms with van der Waals surface area (Å²) in [4.78, 5) is 0. The van der Waals surface area contributed by atoms with E-state index in [0.29, 0.717) is 16.7 Å². The Labute approximate surface area is 95.0 Å². The van der Waals surface area contributed by atoms with E-state index in [4.69, 9.17) is 10.5 Å². The largest absolute Gasteiger partial charge is 0.192 e. The van der Waals surface area contributed by atoms with E-state index in [0.717, 1.165) is 17.7 Å². The average Bonchev–Trinajstić information content (AvgIpc) is 2.31. The molecule has 0 aromatic heterocycles. The number of hydrogen-bond donors (Lipinski definition) is 0. The highest BCUT2D eigenvalue weighted by Crippen LogP contribution is 2.44. The van der Waals surface area contributed by atoms with Crippen LogP contribution in [0.5, 0.6) is 0 Å². The van der Waals surface area contributed by atoms with Gasteiger partial charge in [0.1, 0.15) is 17.7 Å². The summed E-state index contributed by atoms with van der Waals surface area (Å²) in [5, 5.41) is 18.5. The summed E-state index contributed by atoms with van der Waals surface area (Å²) in [5.74, 6) is 1.61. The van der Waals surface area contributed by atoms with E-state index in [1.165, 1.54) is 25.7 Å². The third-order valence-electron chi connectivity index (χ3n) is 3.40. The lowest BCUT2D eigenvalue weighted by Crippen LogP contribution is -2.28. The molecule has 2 rings (SSSR count). The van der Waals surface area contributed by atoms with Crippen molar-refractivity contribution in [3.8, 4) is 12.1 Å². The van der Waals surface area contributed by atoms with Gasteiger partial charge in [-0.05, 0) is 36.5 Å². The maximum absolute atomic E-state index is 8.93. The molecule has 1 saturated carbocycles. The molecule has 2 unspecified atom stereocenters. The van der Waals surface area contributed by atoms with Crippen LogP contribution in [-0.2, 0) is 0 Å². The number of thioether (sulfide) groups is 1. The fraction of sp³-hybridized carbons (Fsp3) is 0.667. The van der Waals surface area contributed by atoms with Crippen molar-refractivity contribution in [1.82, 2.24) is 0 Å². The second kappa shape index (κ2) is 4.73. The topological polar surface area (TPSA) is 47.6 Å². The zero-order chi connectivity index (χ0) is 10.7. The molecule has 1 saturated heterocycles. The van der Waals surface area contributed by atoms with Gasteiger partial charge in [0.25, 0.3) is 0 Å². The molecule has 0 radical (unpaired) electrons. The molecule has 1 aliphatic heterocycles. The Balaban J connectivity index is 2.29. The molecule has 2 aliphatic rings. The maximum atomic E-state index is 8.93. The molecular formula is C12H14N2S. The molecule has 0 spiro atoms. The molecule has 1 heterocycles. The second-order valence-corrected chi connectivity index (χ2v) is 5.52. The number of allylic oxidation sites excluding steroid dienone is 2. The van der Waals surface area contributed by atoms with Crippen molar-refractivity contribution >= 4 is 11.8 Å². The van der Waals surface area contributed by atoms with Crippen LogP contribution in [0.25, 0.3) is 0 Å². The monoisotopic (exact) mass is 218 g/mol. The third-order valence-corrected chi connectivity index (χ3v) is 4.83. The van der Waals surface area contributed by atoms with Crippen LogP contribution in [0.1, 0.15) is 32.1 Å². The predicted octanol–water partition coefficient (Wildman–Crippen LogP) is 3.03. The Hall–Kier alpha value is -0.930. The fourth-order valence-corrected chi connectivity index (χ4v) is 4.19. The molecule has 0 amide bonds. The Bertz CT molecular complexity index is 341. The van der Waals surface area contributed by atoms with E-state index in [1.54, 1.807) is 0 Å². The summed E-state index contributed by atoms with van der Waals surface area (Å²) in [5.41, 5.74) is 1.55.